The molecule has 0 aromatic heterocycles. The van der Waals surface area contributed by atoms with Gasteiger partial charge >= 0.3 is 5.97 Å². The first-order chi connectivity index (χ1) is 9.08. The van der Waals surface area contributed by atoms with Crippen molar-refractivity contribution in [3.63, 3.8) is 0 Å². The zero-order valence-electron chi connectivity index (χ0n) is 10.6. The van der Waals surface area contributed by atoms with Gasteiger partial charge in [-0.25, -0.2) is 0 Å². The molecule has 1 rings (SSSR count). The fourth-order valence-corrected chi connectivity index (χ4v) is 1.43. The smallest absolute Gasteiger partial charge is 0.302 e. The highest BCUT2D eigenvalue weighted by Crippen LogP contribution is 2.31. The highest BCUT2D eigenvalue weighted by atomic mass is 16.5. The molecule has 0 bridgehead atoms. The number of ether oxygens (including phenoxy) is 2. The van der Waals surface area contributed by atoms with Crippen molar-refractivity contribution in [3.05, 3.63) is 22.6 Å². The molecule has 0 unspecified atom stereocenters. The van der Waals surface area contributed by atoms with E-state index in [0.717, 1.165) is 0 Å². The predicted octanol–water partition coefficient (Wildman–Crippen LogP) is 1.49. The van der Waals surface area contributed by atoms with Gasteiger partial charge in [0.25, 0.3) is 0 Å². The van der Waals surface area contributed by atoms with E-state index in [-0.39, 0.29) is 37.2 Å². The normalized spacial score (nSPS) is 10.0. The van der Waals surface area contributed by atoms with Crippen molar-refractivity contribution in [3.8, 4) is 5.75 Å². The molecule has 0 aliphatic heterocycles. The molecule has 0 heterocycles. The van der Waals surface area contributed by atoms with Gasteiger partial charge in [0, 0.05) is 25.0 Å². The van der Waals surface area contributed by atoms with Crippen molar-refractivity contribution in [2.24, 2.45) is 5.18 Å². The SMILES string of the molecule is CC(=O)OCCCOc1cc(N=O)c(N)cc1CO. The number of hydrogen-bond donors (Lipinski definition) is 2. The van der Waals surface area contributed by atoms with Crippen molar-refractivity contribution in [1.29, 1.82) is 0 Å². The second-order valence-corrected chi connectivity index (χ2v) is 3.81. The van der Waals surface area contributed by atoms with E-state index in [1.807, 2.05) is 0 Å². The van der Waals surface area contributed by atoms with Crippen LogP contribution >= 0.6 is 0 Å². The average Bonchev–Trinajstić information content (AvgIpc) is 2.38. The number of nitrogen functional groups attached to an aromatic ring is 1. The van der Waals surface area contributed by atoms with Crippen molar-refractivity contribution < 1.29 is 19.4 Å². The van der Waals surface area contributed by atoms with Gasteiger partial charge in [-0.3, -0.25) is 4.79 Å². The third-order valence-electron chi connectivity index (χ3n) is 2.33. The van der Waals surface area contributed by atoms with Crippen LogP contribution in [0.1, 0.15) is 18.9 Å². The first kappa shape index (κ1) is 14.9. The minimum absolute atomic E-state index is 0.0622. The zero-order chi connectivity index (χ0) is 14.3. The quantitative estimate of drug-likeness (QED) is 0.335. The molecule has 0 radical (unpaired) electrons. The number of aliphatic hydroxyl groups is 1. The lowest BCUT2D eigenvalue weighted by Crippen LogP contribution is -2.07. The Kier molecular flexibility index (Phi) is 5.74. The molecule has 1 aromatic carbocycles. The van der Waals surface area contributed by atoms with Crippen molar-refractivity contribution >= 4 is 17.3 Å². The molecule has 0 saturated carbocycles. The van der Waals surface area contributed by atoms with Gasteiger partial charge in [0.05, 0.1) is 25.5 Å². The lowest BCUT2D eigenvalue weighted by Gasteiger charge is -2.11. The molecule has 1 aromatic rings. The molecule has 7 nitrogen and oxygen atoms in total. The Labute approximate surface area is 110 Å². The van der Waals surface area contributed by atoms with Gasteiger partial charge in [-0.2, -0.15) is 0 Å². The van der Waals surface area contributed by atoms with Crippen LogP contribution in [0.25, 0.3) is 0 Å². The number of hydrogen-bond acceptors (Lipinski definition) is 7. The summed E-state index contributed by atoms with van der Waals surface area (Å²) in [4.78, 5) is 21.1. The number of esters is 1. The number of nitrogens with zero attached hydrogens (tertiary/aromatic N) is 1. The van der Waals surface area contributed by atoms with Gasteiger partial charge in [-0.05, 0) is 11.2 Å². The molecule has 0 aliphatic rings. The summed E-state index contributed by atoms with van der Waals surface area (Å²) in [7, 11) is 0. The predicted molar refractivity (Wildman–Crippen MR) is 69.0 cm³/mol. The fourth-order valence-electron chi connectivity index (χ4n) is 1.43. The zero-order valence-corrected chi connectivity index (χ0v) is 10.6. The van der Waals surface area contributed by atoms with E-state index >= 15 is 0 Å². The Morgan fingerprint density at radius 3 is 2.74 bits per heavy atom. The van der Waals surface area contributed by atoms with Crippen molar-refractivity contribution in [2.45, 2.75) is 20.0 Å². The van der Waals surface area contributed by atoms with Crippen LogP contribution in [0.2, 0.25) is 0 Å². The molecule has 0 amide bonds. The van der Waals surface area contributed by atoms with E-state index in [9.17, 15) is 9.70 Å². The lowest BCUT2D eigenvalue weighted by molar-refractivity contribution is -0.141. The number of benzene rings is 1. The summed E-state index contributed by atoms with van der Waals surface area (Å²) in [6.07, 6.45) is 0.499. The van der Waals surface area contributed by atoms with E-state index in [1.54, 1.807) is 0 Å². The largest absolute Gasteiger partial charge is 0.493 e. The molecule has 0 spiro atoms. The Balaban J connectivity index is 2.61. The van der Waals surface area contributed by atoms with Crippen LogP contribution in [0, 0.1) is 4.91 Å². The number of rotatable bonds is 7. The van der Waals surface area contributed by atoms with Crippen LogP contribution in [0.4, 0.5) is 11.4 Å². The molecule has 0 saturated heterocycles. The second kappa shape index (κ2) is 7.32. The summed E-state index contributed by atoms with van der Waals surface area (Å²) in [6.45, 7) is 1.59. The number of carbonyl (C=O) groups excluding carboxylic acids is 1. The minimum Gasteiger partial charge on any atom is -0.493 e. The summed E-state index contributed by atoms with van der Waals surface area (Å²) in [5.41, 5.74) is 6.29. The highest BCUT2D eigenvalue weighted by molar-refractivity contribution is 5.67. The van der Waals surface area contributed by atoms with Crippen LogP contribution < -0.4 is 10.5 Å². The van der Waals surface area contributed by atoms with Crippen LogP contribution in [0.5, 0.6) is 5.75 Å². The molecule has 7 heteroatoms. The number of carbonyl (C=O) groups is 1. The summed E-state index contributed by atoms with van der Waals surface area (Å²) in [6, 6.07) is 2.82. The third kappa shape index (κ3) is 4.55. The average molecular weight is 268 g/mol. The first-order valence-electron chi connectivity index (χ1n) is 5.71. The molecule has 0 aliphatic carbocycles. The molecular formula is C12H16N2O5. The number of anilines is 1. The molecular weight excluding hydrogens is 252 g/mol. The Bertz CT molecular complexity index is 462. The van der Waals surface area contributed by atoms with Crippen LogP contribution in [0.15, 0.2) is 17.3 Å². The first-order valence-corrected chi connectivity index (χ1v) is 5.71. The van der Waals surface area contributed by atoms with E-state index < -0.39 is 0 Å². The summed E-state index contributed by atoms with van der Waals surface area (Å²) >= 11 is 0. The second-order valence-electron chi connectivity index (χ2n) is 3.81. The van der Waals surface area contributed by atoms with E-state index in [2.05, 4.69) is 5.18 Å². The van der Waals surface area contributed by atoms with E-state index in [0.29, 0.717) is 17.7 Å². The fraction of sp³-hybridized carbons (Fsp3) is 0.417. The van der Waals surface area contributed by atoms with Gasteiger partial charge in [0.15, 0.2) is 0 Å². The van der Waals surface area contributed by atoms with E-state index in [4.69, 9.17) is 20.3 Å². The van der Waals surface area contributed by atoms with Crippen molar-refractivity contribution in [2.75, 3.05) is 18.9 Å². The van der Waals surface area contributed by atoms with Gasteiger partial charge in [-0.15, -0.1) is 4.91 Å². The standard InChI is InChI=1S/C12H16N2O5/c1-8(16)18-3-2-4-19-12-6-11(14-17)10(13)5-9(12)7-15/h5-6,15H,2-4,7,13H2,1H3. The Morgan fingerprint density at radius 2 is 2.16 bits per heavy atom. The van der Waals surface area contributed by atoms with Crippen molar-refractivity contribution in [1.82, 2.24) is 0 Å². The number of nitroso groups, excluding NO2 is 1. The summed E-state index contributed by atoms with van der Waals surface area (Å²) in [5.74, 6) is -0.00917. The van der Waals surface area contributed by atoms with Crippen LogP contribution in [-0.4, -0.2) is 24.3 Å². The molecule has 3 N–H and O–H groups in total. The minimum atomic E-state index is -0.351. The molecule has 104 valence electrons. The number of aliphatic hydroxyl groups excluding tert-OH is 1. The molecule has 0 fully saturated rings. The highest BCUT2D eigenvalue weighted by Gasteiger charge is 2.09. The Hall–Kier alpha value is -2.15. The van der Waals surface area contributed by atoms with Gasteiger partial charge < -0.3 is 20.3 Å². The molecule has 19 heavy (non-hydrogen) atoms. The van der Waals surface area contributed by atoms with E-state index in [1.165, 1.54) is 19.1 Å². The van der Waals surface area contributed by atoms with Crippen LogP contribution in [-0.2, 0) is 16.1 Å². The number of nitrogens with two attached hydrogens (primary N) is 1. The summed E-state index contributed by atoms with van der Waals surface area (Å²) < 4.78 is 10.1. The van der Waals surface area contributed by atoms with Gasteiger partial charge in [0.1, 0.15) is 11.4 Å². The maximum absolute atomic E-state index is 10.5. The van der Waals surface area contributed by atoms with Crippen LogP contribution in [0.3, 0.4) is 0 Å². The van der Waals surface area contributed by atoms with Gasteiger partial charge in [-0.1, -0.05) is 0 Å². The maximum Gasteiger partial charge on any atom is 0.302 e. The lowest BCUT2D eigenvalue weighted by atomic mass is 10.1. The van der Waals surface area contributed by atoms with Gasteiger partial charge in [0.2, 0.25) is 0 Å². The monoisotopic (exact) mass is 268 g/mol. The molecule has 0 atom stereocenters. The third-order valence-corrected chi connectivity index (χ3v) is 2.33. The summed E-state index contributed by atoms with van der Waals surface area (Å²) in [5, 5.41) is 11.9. The maximum atomic E-state index is 10.5. The topological polar surface area (TPSA) is 111 Å². The Morgan fingerprint density at radius 1 is 1.42 bits per heavy atom.